The Morgan fingerprint density at radius 2 is 1.94 bits per heavy atom. The van der Waals surface area contributed by atoms with Crippen molar-refractivity contribution < 1.29 is 0 Å². The molecule has 0 aliphatic carbocycles. The highest BCUT2D eigenvalue weighted by atomic mass is 35.5. The first-order valence-corrected chi connectivity index (χ1v) is 6.27. The number of halogens is 1. The molecule has 0 atom stereocenters. The van der Waals surface area contributed by atoms with Crippen molar-refractivity contribution in [3.63, 3.8) is 0 Å². The maximum absolute atomic E-state index is 5.96. The second-order valence-corrected chi connectivity index (χ2v) is 4.63. The Morgan fingerprint density at radius 1 is 1.17 bits per heavy atom. The van der Waals surface area contributed by atoms with Crippen molar-refractivity contribution >= 4 is 17.5 Å². The van der Waals surface area contributed by atoms with Crippen molar-refractivity contribution in [2.45, 2.75) is 12.8 Å². The molecule has 0 aromatic carbocycles. The third-order valence-corrected chi connectivity index (χ3v) is 3.10. The van der Waals surface area contributed by atoms with Crippen LogP contribution in [0.4, 0.5) is 5.95 Å². The standard InChI is InChI=1S/C11H13ClN6/c1-17-7-4-8(16-17)9-13-10(12)15-11(14-9)18-5-2-3-6-18/h4,7H,2-3,5-6H2,1H3. The van der Waals surface area contributed by atoms with Gasteiger partial charge in [-0.1, -0.05) is 0 Å². The van der Waals surface area contributed by atoms with E-state index < -0.39 is 0 Å². The van der Waals surface area contributed by atoms with Gasteiger partial charge in [-0.25, -0.2) is 0 Å². The zero-order valence-electron chi connectivity index (χ0n) is 10.0. The van der Waals surface area contributed by atoms with Gasteiger partial charge in [0.15, 0.2) is 5.82 Å². The molecule has 1 fully saturated rings. The monoisotopic (exact) mass is 264 g/mol. The van der Waals surface area contributed by atoms with Crippen molar-refractivity contribution in [2.24, 2.45) is 7.05 Å². The molecule has 94 valence electrons. The van der Waals surface area contributed by atoms with Crippen LogP contribution in [0.15, 0.2) is 12.3 Å². The average molecular weight is 265 g/mol. The maximum atomic E-state index is 5.96. The van der Waals surface area contributed by atoms with Gasteiger partial charge < -0.3 is 4.90 Å². The van der Waals surface area contributed by atoms with Crippen LogP contribution in [0.2, 0.25) is 5.28 Å². The Labute approximate surface area is 110 Å². The molecule has 3 heterocycles. The van der Waals surface area contributed by atoms with Crippen LogP contribution in [0.5, 0.6) is 0 Å². The van der Waals surface area contributed by atoms with E-state index in [1.807, 2.05) is 19.3 Å². The molecule has 6 nitrogen and oxygen atoms in total. The van der Waals surface area contributed by atoms with Crippen LogP contribution in [-0.4, -0.2) is 37.8 Å². The summed E-state index contributed by atoms with van der Waals surface area (Å²) >= 11 is 5.96. The molecule has 3 rings (SSSR count). The number of aryl methyl sites for hydroxylation is 1. The van der Waals surface area contributed by atoms with Gasteiger partial charge in [0.05, 0.1) is 0 Å². The lowest BCUT2D eigenvalue weighted by Crippen LogP contribution is -2.21. The van der Waals surface area contributed by atoms with Crippen LogP contribution in [0.25, 0.3) is 11.5 Å². The van der Waals surface area contributed by atoms with Crippen molar-refractivity contribution in [1.29, 1.82) is 0 Å². The molecular weight excluding hydrogens is 252 g/mol. The van der Waals surface area contributed by atoms with Crippen LogP contribution in [0.3, 0.4) is 0 Å². The molecule has 1 saturated heterocycles. The first kappa shape index (κ1) is 11.4. The molecule has 0 radical (unpaired) electrons. The van der Waals surface area contributed by atoms with Crippen molar-refractivity contribution in [2.75, 3.05) is 18.0 Å². The molecule has 18 heavy (non-hydrogen) atoms. The molecule has 0 N–H and O–H groups in total. The summed E-state index contributed by atoms with van der Waals surface area (Å²) < 4.78 is 1.71. The second-order valence-electron chi connectivity index (χ2n) is 4.30. The molecule has 0 amide bonds. The Morgan fingerprint density at radius 3 is 2.61 bits per heavy atom. The van der Waals surface area contributed by atoms with E-state index in [1.165, 1.54) is 12.8 Å². The lowest BCUT2D eigenvalue weighted by Gasteiger charge is -2.14. The second kappa shape index (κ2) is 4.53. The Balaban J connectivity index is 1.99. The third-order valence-electron chi connectivity index (χ3n) is 2.93. The van der Waals surface area contributed by atoms with E-state index in [2.05, 4.69) is 25.0 Å². The average Bonchev–Trinajstić information content (AvgIpc) is 2.98. The van der Waals surface area contributed by atoms with E-state index in [-0.39, 0.29) is 5.28 Å². The van der Waals surface area contributed by atoms with Gasteiger partial charge in [-0.2, -0.15) is 20.1 Å². The zero-order valence-corrected chi connectivity index (χ0v) is 10.8. The van der Waals surface area contributed by atoms with E-state index >= 15 is 0 Å². The van der Waals surface area contributed by atoms with E-state index in [4.69, 9.17) is 11.6 Å². The highest BCUT2D eigenvalue weighted by Crippen LogP contribution is 2.20. The van der Waals surface area contributed by atoms with Gasteiger partial charge >= 0.3 is 0 Å². The lowest BCUT2D eigenvalue weighted by molar-refractivity contribution is 0.767. The number of anilines is 1. The van der Waals surface area contributed by atoms with Gasteiger partial charge in [-0.05, 0) is 30.5 Å². The zero-order chi connectivity index (χ0) is 12.5. The first-order valence-electron chi connectivity index (χ1n) is 5.89. The molecule has 2 aromatic rings. The van der Waals surface area contributed by atoms with Gasteiger partial charge in [-0.15, -0.1) is 0 Å². The molecular formula is C11H13ClN6. The third kappa shape index (κ3) is 2.15. The quantitative estimate of drug-likeness (QED) is 0.823. The Kier molecular flexibility index (Phi) is 2.87. The molecule has 1 aliphatic rings. The van der Waals surface area contributed by atoms with Crippen molar-refractivity contribution in [3.05, 3.63) is 17.5 Å². The normalized spacial score (nSPS) is 15.3. The minimum atomic E-state index is 0.215. The molecule has 1 aliphatic heterocycles. The van der Waals surface area contributed by atoms with Crippen LogP contribution in [0, 0.1) is 0 Å². The number of hydrogen-bond acceptors (Lipinski definition) is 5. The fourth-order valence-corrected chi connectivity index (χ4v) is 2.20. The van der Waals surface area contributed by atoms with Gasteiger partial charge in [0, 0.05) is 26.3 Å². The van der Waals surface area contributed by atoms with E-state index in [0.29, 0.717) is 17.5 Å². The molecule has 2 aromatic heterocycles. The highest BCUT2D eigenvalue weighted by Gasteiger charge is 2.18. The summed E-state index contributed by atoms with van der Waals surface area (Å²) in [4.78, 5) is 14.9. The van der Waals surface area contributed by atoms with Crippen molar-refractivity contribution in [1.82, 2.24) is 24.7 Å². The minimum absolute atomic E-state index is 0.215. The Hall–Kier alpha value is -1.69. The van der Waals surface area contributed by atoms with Gasteiger partial charge in [0.2, 0.25) is 11.2 Å². The van der Waals surface area contributed by atoms with Gasteiger partial charge in [0.25, 0.3) is 0 Å². The first-order chi connectivity index (χ1) is 8.72. The molecule has 0 unspecified atom stereocenters. The van der Waals surface area contributed by atoms with E-state index in [0.717, 1.165) is 13.1 Å². The highest BCUT2D eigenvalue weighted by molar-refractivity contribution is 6.28. The summed E-state index contributed by atoms with van der Waals surface area (Å²) in [6.07, 6.45) is 4.19. The maximum Gasteiger partial charge on any atom is 0.230 e. The Bertz CT molecular complexity index is 560. The molecule has 0 bridgehead atoms. The number of hydrogen-bond donors (Lipinski definition) is 0. The van der Waals surface area contributed by atoms with Crippen molar-refractivity contribution in [3.8, 4) is 11.5 Å². The lowest BCUT2D eigenvalue weighted by atomic mass is 10.4. The van der Waals surface area contributed by atoms with Crippen LogP contribution < -0.4 is 4.90 Å². The molecule has 0 saturated carbocycles. The summed E-state index contributed by atoms with van der Waals surface area (Å²) in [6, 6.07) is 1.86. The predicted octanol–water partition coefficient (Wildman–Crippen LogP) is 1.53. The smallest absolute Gasteiger partial charge is 0.230 e. The fourth-order valence-electron chi connectivity index (χ4n) is 2.05. The summed E-state index contributed by atoms with van der Waals surface area (Å²) in [5.41, 5.74) is 0.710. The summed E-state index contributed by atoms with van der Waals surface area (Å²) in [6.45, 7) is 1.95. The molecule has 0 spiro atoms. The van der Waals surface area contributed by atoms with Crippen LogP contribution >= 0.6 is 11.6 Å². The summed E-state index contributed by atoms with van der Waals surface area (Å²) in [5.74, 6) is 1.17. The SMILES string of the molecule is Cn1ccc(-c2nc(Cl)nc(N3CCCC3)n2)n1. The van der Waals surface area contributed by atoms with E-state index in [1.54, 1.807) is 4.68 Å². The van der Waals surface area contributed by atoms with Crippen LogP contribution in [-0.2, 0) is 7.05 Å². The van der Waals surface area contributed by atoms with Gasteiger partial charge in [-0.3, -0.25) is 4.68 Å². The van der Waals surface area contributed by atoms with Gasteiger partial charge in [0.1, 0.15) is 5.69 Å². The van der Waals surface area contributed by atoms with E-state index in [9.17, 15) is 0 Å². The largest absolute Gasteiger partial charge is 0.341 e. The number of nitrogens with zero attached hydrogens (tertiary/aromatic N) is 6. The summed E-state index contributed by atoms with van der Waals surface area (Å²) in [5, 5.41) is 4.49. The number of rotatable bonds is 2. The topological polar surface area (TPSA) is 59.7 Å². The fraction of sp³-hybridized carbons (Fsp3) is 0.455. The van der Waals surface area contributed by atoms with Crippen LogP contribution in [0.1, 0.15) is 12.8 Å². The number of aromatic nitrogens is 5. The predicted molar refractivity (Wildman–Crippen MR) is 68.5 cm³/mol. The summed E-state index contributed by atoms with van der Waals surface area (Å²) in [7, 11) is 1.85. The minimum Gasteiger partial charge on any atom is -0.341 e. The molecule has 7 heteroatoms.